The van der Waals surface area contributed by atoms with Crippen molar-refractivity contribution in [1.82, 2.24) is 4.98 Å². The highest BCUT2D eigenvalue weighted by molar-refractivity contribution is 5.95. The molecule has 13 heteroatoms. The Morgan fingerprint density at radius 2 is 1.92 bits per heavy atom. The summed E-state index contributed by atoms with van der Waals surface area (Å²) >= 11 is 0. The minimum Gasteiger partial charge on any atom is -0.493 e. The van der Waals surface area contributed by atoms with Crippen LogP contribution in [0.5, 0.6) is 5.75 Å². The molecule has 0 spiro atoms. The number of methoxy groups -OCH3 is 2. The van der Waals surface area contributed by atoms with E-state index < -0.39 is 70.6 Å². The van der Waals surface area contributed by atoms with Crippen LogP contribution >= 0.6 is 0 Å². The first kappa shape index (κ1) is 27.7. The predicted octanol–water partition coefficient (Wildman–Crippen LogP) is 4.23. The van der Waals surface area contributed by atoms with Gasteiger partial charge in [0.1, 0.15) is 6.10 Å². The van der Waals surface area contributed by atoms with Crippen molar-refractivity contribution in [1.29, 1.82) is 0 Å². The highest BCUT2D eigenvalue weighted by Crippen LogP contribution is 2.55. The summed E-state index contributed by atoms with van der Waals surface area (Å²) in [5.74, 6) is -8.42. The normalized spacial score (nSPS) is 25.0. The Bertz CT molecular complexity index is 1130. The number of nitrogens with two attached hydrogens (primary N) is 1. The van der Waals surface area contributed by atoms with Gasteiger partial charge >= 0.3 is 6.18 Å². The van der Waals surface area contributed by atoms with Gasteiger partial charge in [-0.15, -0.1) is 0 Å². The molecule has 1 amide bonds. The first-order valence-electron chi connectivity index (χ1n) is 10.7. The molecule has 1 aromatic carbocycles. The molecule has 0 saturated carbocycles. The van der Waals surface area contributed by atoms with E-state index in [1.807, 2.05) is 0 Å². The molecule has 0 radical (unpaired) electrons. The van der Waals surface area contributed by atoms with Crippen LogP contribution in [0.2, 0.25) is 0 Å². The van der Waals surface area contributed by atoms with Crippen LogP contribution in [0.3, 0.4) is 0 Å². The lowest BCUT2D eigenvalue weighted by molar-refractivity contribution is -0.272. The first-order valence-corrected chi connectivity index (χ1v) is 10.7. The van der Waals surface area contributed by atoms with Crippen molar-refractivity contribution < 1.29 is 45.3 Å². The van der Waals surface area contributed by atoms with E-state index in [9.17, 15) is 31.1 Å². The number of carbonyl (C=O) groups is 1. The fourth-order valence-electron chi connectivity index (χ4n) is 4.26. The molecule has 1 fully saturated rings. The minimum absolute atomic E-state index is 0.0250. The number of hydrogen-bond acceptors (Lipinski definition) is 6. The number of hydrogen-bond donors (Lipinski definition) is 2. The van der Waals surface area contributed by atoms with Crippen LogP contribution in [0, 0.1) is 23.4 Å². The van der Waals surface area contributed by atoms with Gasteiger partial charge in [-0.3, -0.25) is 9.78 Å². The minimum atomic E-state index is -4.94. The van der Waals surface area contributed by atoms with Crippen LogP contribution in [0.25, 0.3) is 0 Å². The summed E-state index contributed by atoms with van der Waals surface area (Å²) in [6.45, 7) is 1.94. The third-order valence-corrected chi connectivity index (χ3v) is 6.43. The summed E-state index contributed by atoms with van der Waals surface area (Å²) in [5, 5.41) is 2.21. The van der Waals surface area contributed by atoms with Crippen LogP contribution < -0.4 is 15.8 Å². The third-order valence-electron chi connectivity index (χ3n) is 6.43. The quantitative estimate of drug-likeness (QED) is 0.530. The Morgan fingerprint density at radius 3 is 2.50 bits per heavy atom. The van der Waals surface area contributed by atoms with Gasteiger partial charge in [0, 0.05) is 24.5 Å². The van der Waals surface area contributed by atoms with Crippen molar-refractivity contribution in [2.45, 2.75) is 43.7 Å². The highest BCUT2D eigenvalue weighted by atomic mass is 19.4. The van der Waals surface area contributed by atoms with Crippen molar-refractivity contribution in [3.05, 3.63) is 53.1 Å². The maximum absolute atomic E-state index is 14.4. The fourth-order valence-corrected chi connectivity index (χ4v) is 4.26. The molecule has 1 aliphatic heterocycles. The summed E-state index contributed by atoms with van der Waals surface area (Å²) in [6, 6.07) is 2.08. The summed E-state index contributed by atoms with van der Waals surface area (Å²) in [5.41, 5.74) is 2.56. The van der Waals surface area contributed by atoms with E-state index in [1.54, 1.807) is 0 Å². The molecule has 1 aromatic heterocycles. The molecular formula is C23H25F6N3O4. The molecule has 2 heterocycles. The van der Waals surface area contributed by atoms with E-state index in [-0.39, 0.29) is 17.9 Å². The first-order chi connectivity index (χ1) is 16.8. The number of alkyl halides is 3. The standard InChI is InChI=1S/C23H25F6N3O4/c1-10-17(11-5-6-12(24)18(26)19(11)35-4)20(36-22(10,2)23(27,28)29)21(33)32-15-7-16(14(30)9-34-3)31-8-13(15)25/h5-8,10,14,17,20H,9,30H2,1-4H3,(H,31,32,33)/t10-,14+,17-,20+,22+/m0/s1. The maximum atomic E-state index is 14.4. The summed E-state index contributed by atoms with van der Waals surface area (Å²) < 4.78 is 99.9. The Hall–Kier alpha value is -2.90. The second-order valence-electron chi connectivity index (χ2n) is 8.58. The molecule has 2 aromatic rings. The molecule has 1 aliphatic rings. The van der Waals surface area contributed by atoms with Crippen molar-refractivity contribution >= 4 is 11.6 Å². The van der Waals surface area contributed by atoms with E-state index in [2.05, 4.69) is 10.3 Å². The van der Waals surface area contributed by atoms with Gasteiger partial charge in [-0.2, -0.15) is 17.6 Å². The lowest BCUT2D eigenvalue weighted by Gasteiger charge is -2.32. The largest absolute Gasteiger partial charge is 0.493 e. The molecule has 198 valence electrons. The molecule has 36 heavy (non-hydrogen) atoms. The number of pyridine rings is 1. The average Bonchev–Trinajstić information content (AvgIpc) is 3.09. The van der Waals surface area contributed by atoms with E-state index in [1.165, 1.54) is 14.0 Å². The smallest absolute Gasteiger partial charge is 0.417 e. The Kier molecular flexibility index (Phi) is 7.86. The second-order valence-corrected chi connectivity index (χ2v) is 8.58. The van der Waals surface area contributed by atoms with Gasteiger partial charge in [0.05, 0.1) is 37.3 Å². The number of carbonyl (C=O) groups excluding carboxylic acids is 1. The Labute approximate surface area is 202 Å². The lowest BCUT2D eigenvalue weighted by atomic mass is 9.77. The number of nitrogens with zero attached hydrogens (tertiary/aromatic N) is 1. The monoisotopic (exact) mass is 521 g/mol. The van der Waals surface area contributed by atoms with Gasteiger partial charge in [0.15, 0.2) is 23.0 Å². The summed E-state index contributed by atoms with van der Waals surface area (Å²) in [6.07, 6.45) is -6.03. The van der Waals surface area contributed by atoms with E-state index in [0.29, 0.717) is 6.07 Å². The fraction of sp³-hybridized carbons (Fsp3) is 0.478. The molecule has 1 saturated heterocycles. The van der Waals surface area contributed by atoms with Crippen LogP contribution in [-0.4, -0.2) is 49.6 Å². The molecular weight excluding hydrogens is 496 g/mol. The number of anilines is 1. The van der Waals surface area contributed by atoms with E-state index in [4.69, 9.17) is 19.9 Å². The Morgan fingerprint density at radius 1 is 1.25 bits per heavy atom. The molecule has 3 N–H and O–H groups in total. The Balaban J connectivity index is 2.06. The third kappa shape index (κ3) is 4.87. The molecule has 5 atom stereocenters. The molecule has 3 rings (SSSR count). The zero-order valence-corrected chi connectivity index (χ0v) is 19.8. The van der Waals surface area contributed by atoms with Crippen LogP contribution in [0.4, 0.5) is 32.0 Å². The molecule has 0 unspecified atom stereocenters. The van der Waals surface area contributed by atoms with E-state index >= 15 is 0 Å². The van der Waals surface area contributed by atoms with Crippen LogP contribution in [0.1, 0.15) is 37.1 Å². The highest BCUT2D eigenvalue weighted by Gasteiger charge is 2.66. The van der Waals surface area contributed by atoms with Crippen LogP contribution in [-0.2, 0) is 14.3 Å². The zero-order valence-electron chi connectivity index (χ0n) is 19.8. The SMILES string of the molecule is COC[C@@H](N)c1cc(NC(=O)[C@@H]2O[C@@](C)(C(F)(F)F)[C@@H](C)[C@H]2c2ccc(F)c(F)c2OC)c(F)cn1. The molecule has 0 bridgehead atoms. The van der Waals surface area contributed by atoms with Gasteiger partial charge in [0.25, 0.3) is 5.91 Å². The van der Waals surface area contributed by atoms with Gasteiger partial charge in [-0.05, 0) is 19.1 Å². The summed E-state index contributed by atoms with van der Waals surface area (Å²) in [7, 11) is 2.39. The molecule has 0 aliphatic carbocycles. The second kappa shape index (κ2) is 10.2. The lowest BCUT2D eigenvalue weighted by Crippen LogP contribution is -2.47. The topological polar surface area (TPSA) is 95.7 Å². The van der Waals surface area contributed by atoms with Crippen molar-refractivity contribution in [2.24, 2.45) is 11.7 Å². The van der Waals surface area contributed by atoms with Crippen molar-refractivity contribution in [2.75, 3.05) is 26.1 Å². The van der Waals surface area contributed by atoms with Crippen molar-refractivity contribution in [3.63, 3.8) is 0 Å². The average molecular weight is 521 g/mol. The number of amides is 1. The van der Waals surface area contributed by atoms with Gasteiger partial charge in [0.2, 0.25) is 5.82 Å². The number of halogens is 6. The number of ether oxygens (including phenoxy) is 3. The van der Waals surface area contributed by atoms with Gasteiger partial charge in [-0.25, -0.2) is 8.78 Å². The summed E-state index contributed by atoms with van der Waals surface area (Å²) in [4.78, 5) is 17.0. The predicted molar refractivity (Wildman–Crippen MR) is 116 cm³/mol. The van der Waals surface area contributed by atoms with Crippen LogP contribution in [0.15, 0.2) is 24.4 Å². The zero-order chi connectivity index (χ0) is 27.0. The number of aromatic nitrogens is 1. The van der Waals surface area contributed by atoms with Crippen molar-refractivity contribution in [3.8, 4) is 5.75 Å². The van der Waals surface area contributed by atoms with Gasteiger partial charge in [-0.1, -0.05) is 13.0 Å². The van der Waals surface area contributed by atoms with E-state index in [0.717, 1.165) is 32.4 Å². The number of rotatable bonds is 7. The van der Waals surface area contributed by atoms with Gasteiger partial charge < -0.3 is 25.3 Å². The number of benzene rings is 1. The molecule has 7 nitrogen and oxygen atoms in total. The number of nitrogens with one attached hydrogen (secondary N) is 1. The maximum Gasteiger partial charge on any atom is 0.417 e.